The molecule has 1 N–H and O–H groups in total. The number of aromatic nitrogens is 2. The monoisotopic (exact) mass is 241 g/mol. The number of nitrogens with zero attached hydrogens (tertiary/aromatic N) is 2. The summed E-state index contributed by atoms with van der Waals surface area (Å²) in [6.45, 7) is 6.94. The van der Waals surface area contributed by atoms with Crippen molar-refractivity contribution in [2.45, 2.75) is 25.8 Å². The van der Waals surface area contributed by atoms with Gasteiger partial charge < -0.3 is 5.32 Å². The smallest absolute Gasteiger partial charge is 0.0890 e. The van der Waals surface area contributed by atoms with E-state index in [1.165, 1.54) is 0 Å². The Balaban J connectivity index is 2.28. The highest BCUT2D eigenvalue weighted by Gasteiger charge is 2.11. The maximum atomic E-state index is 4.67. The van der Waals surface area contributed by atoms with E-state index >= 15 is 0 Å². The van der Waals surface area contributed by atoms with Crippen LogP contribution in [0.15, 0.2) is 43.1 Å². The zero-order chi connectivity index (χ0) is 12.8. The predicted octanol–water partition coefficient (Wildman–Crippen LogP) is 3.25. The van der Waals surface area contributed by atoms with Gasteiger partial charge in [-0.05, 0) is 31.5 Å². The molecule has 0 amide bonds. The number of nitrogens with one attached hydrogen (secondary N) is 1. The van der Waals surface area contributed by atoms with Crippen molar-refractivity contribution in [3.63, 3.8) is 0 Å². The van der Waals surface area contributed by atoms with Gasteiger partial charge in [-0.15, -0.1) is 6.58 Å². The molecule has 0 aliphatic rings. The molecule has 0 aliphatic carbocycles. The lowest BCUT2D eigenvalue weighted by molar-refractivity contribution is 0.525. The topological polar surface area (TPSA) is 37.8 Å². The molecule has 1 aromatic heterocycles. The molecule has 0 saturated carbocycles. The van der Waals surface area contributed by atoms with E-state index < -0.39 is 0 Å². The molecule has 2 rings (SSSR count). The Hall–Kier alpha value is -1.74. The van der Waals surface area contributed by atoms with Gasteiger partial charge in [0.2, 0.25) is 0 Å². The predicted molar refractivity (Wildman–Crippen MR) is 75.4 cm³/mol. The molecule has 0 bridgehead atoms. The number of benzene rings is 1. The molecule has 2 aromatic rings. The van der Waals surface area contributed by atoms with E-state index in [1.54, 1.807) is 0 Å². The van der Waals surface area contributed by atoms with Crippen LogP contribution in [-0.2, 0) is 0 Å². The molecule has 1 heterocycles. The first-order chi connectivity index (χ1) is 8.85. The third-order valence-electron chi connectivity index (χ3n) is 2.87. The number of para-hydroxylation sites is 2. The van der Waals surface area contributed by atoms with Gasteiger partial charge in [-0.1, -0.05) is 25.1 Å². The summed E-state index contributed by atoms with van der Waals surface area (Å²) < 4.78 is 0. The summed E-state index contributed by atoms with van der Waals surface area (Å²) in [7, 11) is 0. The second-order valence-corrected chi connectivity index (χ2v) is 4.31. The maximum Gasteiger partial charge on any atom is 0.0890 e. The van der Waals surface area contributed by atoms with Crippen LogP contribution in [0.1, 0.15) is 31.5 Å². The zero-order valence-electron chi connectivity index (χ0n) is 10.8. The summed E-state index contributed by atoms with van der Waals surface area (Å²) in [5.41, 5.74) is 2.87. The van der Waals surface area contributed by atoms with Gasteiger partial charge >= 0.3 is 0 Å². The second kappa shape index (κ2) is 6.26. The minimum Gasteiger partial charge on any atom is -0.308 e. The van der Waals surface area contributed by atoms with Crippen molar-refractivity contribution in [2.75, 3.05) is 6.54 Å². The highest BCUT2D eigenvalue weighted by atomic mass is 14.9. The highest BCUT2D eigenvalue weighted by Crippen LogP contribution is 2.17. The average molecular weight is 241 g/mol. The van der Waals surface area contributed by atoms with E-state index in [4.69, 9.17) is 0 Å². The number of fused-ring (bicyclic) bond motifs is 1. The van der Waals surface area contributed by atoms with Crippen molar-refractivity contribution in [3.05, 3.63) is 48.8 Å². The lowest BCUT2D eigenvalue weighted by atomic mass is 10.1. The Morgan fingerprint density at radius 2 is 2.11 bits per heavy atom. The second-order valence-electron chi connectivity index (χ2n) is 4.31. The molecular weight excluding hydrogens is 222 g/mol. The van der Waals surface area contributed by atoms with Gasteiger partial charge in [0.25, 0.3) is 0 Å². The van der Waals surface area contributed by atoms with E-state index in [1.807, 2.05) is 36.5 Å². The summed E-state index contributed by atoms with van der Waals surface area (Å²) in [6.07, 6.45) is 5.75. The van der Waals surface area contributed by atoms with Crippen molar-refractivity contribution in [1.29, 1.82) is 0 Å². The van der Waals surface area contributed by atoms with Crippen LogP contribution in [0.4, 0.5) is 0 Å². The van der Waals surface area contributed by atoms with Crippen LogP contribution in [0.2, 0.25) is 0 Å². The summed E-state index contributed by atoms with van der Waals surface area (Å²) in [5.74, 6) is 0. The van der Waals surface area contributed by atoms with Gasteiger partial charge in [-0.2, -0.15) is 0 Å². The van der Waals surface area contributed by atoms with Crippen LogP contribution in [-0.4, -0.2) is 16.5 Å². The SMILES string of the molecule is C=CCC(NCCC)c1cnc2ccccc2n1. The Labute approximate surface area is 108 Å². The number of hydrogen-bond donors (Lipinski definition) is 1. The summed E-state index contributed by atoms with van der Waals surface area (Å²) in [4.78, 5) is 9.13. The van der Waals surface area contributed by atoms with Gasteiger partial charge in [-0.25, -0.2) is 4.98 Å². The molecule has 94 valence electrons. The fourth-order valence-electron chi connectivity index (χ4n) is 1.93. The highest BCUT2D eigenvalue weighted by molar-refractivity contribution is 5.73. The van der Waals surface area contributed by atoms with Crippen molar-refractivity contribution in [2.24, 2.45) is 0 Å². The van der Waals surface area contributed by atoms with Crippen molar-refractivity contribution < 1.29 is 0 Å². The molecule has 0 radical (unpaired) electrons. The minimum absolute atomic E-state index is 0.208. The van der Waals surface area contributed by atoms with E-state index in [9.17, 15) is 0 Å². The number of hydrogen-bond acceptors (Lipinski definition) is 3. The summed E-state index contributed by atoms with van der Waals surface area (Å²) in [6, 6.07) is 8.15. The van der Waals surface area contributed by atoms with Gasteiger partial charge in [0.05, 0.1) is 29.0 Å². The Morgan fingerprint density at radius 3 is 2.83 bits per heavy atom. The van der Waals surface area contributed by atoms with E-state index in [-0.39, 0.29) is 6.04 Å². The lowest BCUT2D eigenvalue weighted by Crippen LogP contribution is -2.22. The fourth-order valence-corrected chi connectivity index (χ4v) is 1.93. The maximum absolute atomic E-state index is 4.67. The molecule has 1 unspecified atom stereocenters. The first-order valence-electron chi connectivity index (χ1n) is 6.41. The third-order valence-corrected chi connectivity index (χ3v) is 2.87. The largest absolute Gasteiger partial charge is 0.308 e. The van der Waals surface area contributed by atoms with Gasteiger partial charge in [0.15, 0.2) is 0 Å². The van der Waals surface area contributed by atoms with Crippen LogP contribution >= 0.6 is 0 Å². The zero-order valence-corrected chi connectivity index (χ0v) is 10.8. The van der Waals surface area contributed by atoms with Crippen LogP contribution in [0, 0.1) is 0 Å². The van der Waals surface area contributed by atoms with E-state index in [2.05, 4.69) is 28.8 Å². The molecule has 18 heavy (non-hydrogen) atoms. The Bertz CT molecular complexity index is 522. The van der Waals surface area contributed by atoms with Crippen molar-refractivity contribution in [3.8, 4) is 0 Å². The van der Waals surface area contributed by atoms with E-state index in [0.29, 0.717) is 0 Å². The first-order valence-corrected chi connectivity index (χ1v) is 6.41. The van der Waals surface area contributed by atoms with Gasteiger partial charge in [0.1, 0.15) is 0 Å². The molecule has 0 spiro atoms. The van der Waals surface area contributed by atoms with Crippen LogP contribution in [0.25, 0.3) is 11.0 Å². The number of rotatable bonds is 6. The van der Waals surface area contributed by atoms with Crippen molar-refractivity contribution in [1.82, 2.24) is 15.3 Å². The fraction of sp³-hybridized carbons (Fsp3) is 0.333. The lowest BCUT2D eigenvalue weighted by Gasteiger charge is -2.16. The molecule has 3 nitrogen and oxygen atoms in total. The quantitative estimate of drug-likeness (QED) is 0.789. The third kappa shape index (κ3) is 2.93. The van der Waals surface area contributed by atoms with Crippen LogP contribution in [0.5, 0.6) is 0 Å². The van der Waals surface area contributed by atoms with Gasteiger partial charge in [-0.3, -0.25) is 4.98 Å². The van der Waals surface area contributed by atoms with E-state index in [0.717, 1.165) is 36.1 Å². The van der Waals surface area contributed by atoms with Crippen LogP contribution < -0.4 is 5.32 Å². The molecule has 1 aromatic carbocycles. The normalized spacial score (nSPS) is 12.5. The Morgan fingerprint density at radius 1 is 1.33 bits per heavy atom. The van der Waals surface area contributed by atoms with Crippen molar-refractivity contribution >= 4 is 11.0 Å². The average Bonchev–Trinajstić information content (AvgIpc) is 2.43. The standard InChI is InChI=1S/C15H19N3/c1-3-7-12(16-10-4-2)15-11-17-13-8-5-6-9-14(13)18-15/h3,5-6,8-9,11-12,16H,1,4,7,10H2,2H3. The summed E-state index contributed by atoms with van der Waals surface area (Å²) in [5, 5.41) is 3.48. The molecule has 0 aliphatic heterocycles. The molecule has 0 fully saturated rings. The summed E-state index contributed by atoms with van der Waals surface area (Å²) >= 11 is 0. The molecule has 1 atom stereocenters. The minimum atomic E-state index is 0.208. The van der Waals surface area contributed by atoms with Gasteiger partial charge in [0, 0.05) is 0 Å². The first kappa shape index (κ1) is 12.7. The molecular formula is C15H19N3. The molecule has 0 saturated heterocycles. The Kier molecular flexibility index (Phi) is 4.42. The molecule has 3 heteroatoms. The van der Waals surface area contributed by atoms with Crippen LogP contribution in [0.3, 0.4) is 0 Å².